The third kappa shape index (κ3) is 65.1. The Morgan fingerprint density at radius 1 is 0.267 bits per heavy atom. The van der Waals surface area contributed by atoms with Gasteiger partial charge in [0, 0.05) is 0 Å². The topological polar surface area (TPSA) is 156 Å². The molecule has 0 spiro atoms. The van der Waals surface area contributed by atoms with Crippen molar-refractivity contribution < 1.29 is 0 Å². The fourth-order valence-corrected chi connectivity index (χ4v) is 21.6. The van der Waals surface area contributed by atoms with E-state index in [9.17, 15) is 0 Å². The van der Waals surface area contributed by atoms with Crippen molar-refractivity contribution in [2.75, 3.05) is 39.3 Å². The Bertz CT molecular complexity index is 2180. The molecule has 0 fully saturated rings. The highest BCUT2D eigenvalue weighted by molar-refractivity contribution is 5.25. The van der Waals surface area contributed by atoms with Crippen LogP contribution in [-0.4, -0.2) is 39.3 Å². The maximum Gasteiger partial charge on any atom is -0.00773 e. The van der Waals surface area contributed by atoms with Gasteiger partial charge in [0.1, 0.15) is 0 Å². The monoisotopic (exact) mass is 1680 g/mol. The highest BCUT2D eigenvalue weighted by atomic mass is 14.5. The van der Waals surface area contributed by atoms with Gasteiger partial charge in [-0.3, -0.25) is 0 Å². The van der Waals surface area contributed by atoms with Crippen LogP contribution in [0.2, 0.25) is 0 Å². The van der Waals surface area contributed by atoms with Gasteiger partial charge in [-0.2, -0.15) is 0 Å². The van der Waals surface area contributed by atoms with E-state index in [0.717, 1.165) is 104 Å². The molecule has 0 amide bonds. The zero-order chi connectivity index (χ0) is 87.0. The van der Waals surface area contributed by atoms with Crippen LogP contribution in [0.15, 0.2) is 59.8 Å². The number of allylic oxidation sites excluding steroid dienone is 10. The summed E-state index contributed by atoms with van der Waals surface area (Å²) in [5.41, 5.74) is 37.9. The molecule has 12 N–H and O–H groups in total. The molecule has 0 aliphatic heterocycles. The Morgan fingerprint density at radius 3 is 1.00 bits per heavy atom. The molecule has 0 bridgehead atoms. The molecule has 710 valence electrons. The van der Waals surface area contributed by atoms with Crippen LogP contribution >= 0.6 is 0 Å². The highest BCUT2D eigenvalue weighted by Gasteiger charge is 2.45. The molecule has 6 heteroatoms. The smallest absolute Gasteiger partial charge is 0.00773 e. The largest absolute Gasteiger partial charge is 0.330 e. The van der Waals surface area contributed by atoms with Crippen LogP contribution < -0.4 is 34.4 Å². The van der Waals surface area contributed by atoms with Crippen LogP contribution in [0.3, 0.4) is 0 Å². The molecular weight excluding hydrogens is 1450 g/mol. The predicted octanol–water partition coefficient (Wildman–Crippen LogP) is 35.4. The summed E-state index contributed by atoms with van der Waals surface area (Å²) in [6.07, 6.45) is 132. The van der Waals surface area contributed by atoms with Gasteiger partial charge in [0.2, 0.25) is 0 Å². The number of fused-ring (bicyclic) bond motifs is 1. The fourth-order valence-electron chi connectivity index (χ4n) is 21.6. The third-order valence-electron chi connectivity index (χ3n) is 29.2. The quantitative estimate of drug-likeness (QED) is 0.0263. The average Bonchev–Trinajstić information content (AvgIpc) is 0.758. The first-order chi connectivity index (χ1) is 59.3. The van der Waals surface area contributed by atoms with Gasteiger partial charge in [-0.25, -0.2) is 0 Å². The first-order valence-electron chi connectivity index (χ1n) is 55.9. The van der Waals surface area contributed by atoms with E-state index in [4.69, 9.17) is 34.4 Å². The molecule has 0 aromatic heterocycles. The van der Waals surface area contributed by atoms with E-state index in [1.54, 1.807) is 0 Å². The van der Waals surface area contributed by atoms with Crippen LogP contribution in [0.5, 0.6) is 0 Å². The van der Waals surface area contributed by atoms with Crippen LogP contribution in [0, 0.1) is 65.1 Å². The molecule has 3 aliphatic rings. The molecule has 3 rings (SSSR count). The van der Waals surface area contributed by atoms with Crippen molar-refractivity contribution in [1.29, 1.82) is 0 Å². The number of nitrogens with two attached hydrogens (primary N) is 6. The van der Waals surface area contributed by atoms with E-state index in [1.807, 2.05) is 11.1 Å². The Hall–Kier alpha value is -1.54. The molecular formula is C114H224N6. The van der Waals surface area contributed by atoms with E-state index in [0.29, 0.717) is 0 Å². The lowest BCUT2D eigenvalue weighted by atomic mass is 9.55. The van der Waals surface area contributed by atoms with Crippen molar-refractivity contribution in [3.8, 4) is 0 Å². The van der Waals surface area contributed by atoms with Crippen LogP contribution in [-0.2, 0) is 0 Å². The third-order valence-corrected chi connectivity index (χ3v) is 29.2. The van der Waals surface area contributed by atoms with Gasteiger partial charge in [-0.15, -0.1) is 0 Å². The number of hydrogen-bond acceptors (Lipinski definition) is 6. The minimum absolute atomic E-state index is 0.769. The van der Waals surface area contributed by atoms with Gasteiger partial charge in [0.25, 0.3) is 0 Å². The standard InChI is InChI=1S/C41H78N2.C37H72N2.C36H74N2/c1-4-7-18-25-35-30-31-40-38(28-22-15-11-13-17-24-33-43)36(26-21-14-10-12-16-23-32-42)34-37(27-19-8-5-2)41(40)39(35)29-20-9-6-3;1-3-5-7-15-22-28-36-34(26-20-6-4-2)30-31-35(27-21-16-11-8-9-13-18-24-32-38)37(36)29-23-17-12-10-14-19-25-33-39;1-3-5-7-9-17-23-29-35(31-25-19-13-11-15-21-27-33-37)36(30-24-18-10-8-6-4-2)32-26-20-14-12-16-22-28-34-38/h30-31,34-36,38-41H,4-29,32-33,42-43H2,1-3H3;22,28,30-31,34-37H,3-21,23-27,29,32-33,38-39H2,1-2H3;29,36H,3-28,30-34,37-38H2,1-2H3/b;28-22+;35-29-. The Morgan fingerprint density at radius 2 is 0.558 bits per heavy atom. The van der Waals surface area contributed by atoms with Gasteiger partial charge >= 0.3 is 0 Å². The van der Waals surface area contributed by atoms with Crippen molar-refractivity contribution in [2.45, 2.75) is 562 Å². The summed E-state index contributed by atoms with van der Waals surface area (Å²) in [6, 6.07) is 0. The molecule has 11 atom stereocenters. The fraction of sp³-hybridized carbons (Fsp3) is 0.912. The maximum absolute atomic E-state index is 5.75. The first kappa shape index (κ1) is 116. The van der Waals surface area contributed by atoms with Gasteiger partial charge in [-0.05, 0) is 252 Å². The van der Waals surface area contributed by atoms with Crippen LogP contribution in [0.4, 0.5) is 0 Å². The minimum Gasteiger partial charge on any atom is -0.330 e. The summed E-state index contributed by atoms with van der Waals surface area (Å²) in [7, 11) is 0. The van der Waals surface area contributed by atoms with Crippen LogP contribution in [0.1, 0.15) is 562 Å². The van der Waals surface area contributed by atoms with Crippen molar-refractivity contribution >= 4 is 0 Å². The van der Waals surface area contributed by atoms with Crippen LogP contribution in [0.25, 0.3) is 0 Å². The first-order valence-corrected chi connectivity index (χ1v) is 55.9. The van der Waals surface area contributed by atoms with Gasteiger partial charge in [0.15, 0.2) is 0 Å². The normalized spacial score (nSPS) is 20.0. The van der Waals surface area contributed by atoms with Crippen molar-refractivity contribution in [1.82, 2.24) is 0 Å². The lowest BCUT2D eigenvalue weighted by Gasteiger charge is -2.49. The zero-order valence-electron chi connectivity index (χ0n) is 83.2. The molecule has 3 aliphatic carbocycles. The second-order valence-electron chi connectivity index (χ2n) is 39.9. The van der Waals surface area contributed by atoms with Crippen molar-refractivity contribution in [3.05, 3.63) is 59.8 Å². The summed E-state index contributed by atoms with van der Waals surface area (Å²) in [6.45, 7) is 21.6. The molecule has 0 saturated carbocycles. The van der Waals surface area contributed by atoms with Gasteiger partial charge < -0.3 is 34.4 Å². The summed E-state index contributed by atoms with van der Waals surface area (Å²) in [5.74, 6) is 9.04. The Kier molecular flexibility index (Phi) is 89.5. The summed E-state index contributed by atoms with van der Waals surface area (Å²) >= 11 is 0. The van der Waals surface area contributed by atoms with E-state index in [-0.39, 0.29) is 0 Å². The molecule has 0 aromatic carbocycles. The molecule has 0 aromatic rings. The van der Waals surface area contributed by atoms with Crippen molar-refractivity contribution in [2.24, 2.45) is 99.5 Å². The van der Waals surface area contributed by atoms with Gasteiger partial charge in [0.05, 0.1) is 0 Å². The van der Waals surface area contributed by atoms with E-state index < -0.39 is 0 Å². The molecule has 6 nitrogen and oxygen atoms in total. The molecule has 0 saturated heterocycles. The maximum atomic E-state index is 5.75. The van der Waals surface area contributed by atoms with Gasteiger partial charge in [-0.1, -0.05) is 474 Å². The summed E-state index contributed by atoms with van der Waals surface area (Å²) in [5, 5.41) is 0. The molecule has 0 radical (unpaired) electrons. The minimum atomic E-state index is 0.769. The Balaban J connectivity index is 0.000000902. The van der Waals surface area contributed by atoms with Crippen molar-refractivity contribution in [3.63, 3.8) is 0 Å². The number of rotatable bonds is 88. The van der Waals surface area contributed by atoms with E-state index >= 15 is 0 Å². The lowest BCUT2D eigenvalue weighted by molar-refractivity contribution is 0.108. The second kappa shape index (κ2) is 92.2. The average molecular weight is 1680 g/mol. The SMILES string of the molecule is CCCCC/C=C/C1C(CCCCC)C=CC(CCCCCCCCCCN)C1CCCCCCCCCN.CCCCCC1=CC(CCCCCCCCN)C(CCCCCCCCN)C2C=CC(CCCCC)C(CCCCC)C12.CCCCCCC/C=C(/CCCCCCCCCN)C(CCCCCCCC)CCCCCCCCCN. The summed E-state index contributed by atoms with van der Waals surface area (Å²) in [4.78, 5) is 0. The molecule has 11 unspecified atom stereocenters. The lowest BCUT2D eigenvalue weighted by Crippen LogP contribution is -2.41. The summed E-state index contributed by atoms with van der Waals surface area (Å²) < 4.78 is 0. The number of hydrogen-bond donors (Lipinski definition) is 6. The van der Waals surface area contributed by atoms with E-state index in [2.05, 4.69) is 97.1 Å². The van der Waals surface area contributed by atoms with E-state index in [1.165, 1.54) is 514 Å². The highest BCUT2D eigenvalue weighted by Crippen LogP contribution is 2.54. The zero-order valence-corrected chi connectivity index (χ0v) is 83.2. The molecule has 120 heavy (non-hydrogen) atoms. The predicted molar refractivity (Wildman–Crippen MR) is 545 cm³/mol. The Labute approximate surface area is 756 Å². The number of unbranched alkanes of at least 4 members (excludes halogenated alkanes) is 56. The molecule has 0 heterocycles. The second-order valence-corrected chi connectivity index (χ2v) is 39.9.